The van der Waals surface area contributed by atoms with E-state index in [0.29, 0.717) is 43.9 Å². The number of ether oxygens (including phenoxy) is 1. The molecule has 0 N–H and O–H groups in total. The average Bonchev–Trinajstić information content (AvgIpc) is 3.05. The molecule has 0 aliphatic heterocycles. The monoisotopic (exact) mass is 383 g/mol. The van der Waals surface area contributed by atoms with Crippen LogP contribution in [0.1, 0.15) is 10.4 Å². The van der Waals surface area contributed by atoms with Crippen LogP contribution in [-0.2, 0) is 0 Å². The zero-order valence-electron chi connectivity index (χ0n) is 13.3. The molecule has 0 aliphatic carbocycles. The molecule has 0 radical (unpaired) electrons. The van der Waals surface area contributed by atoms with Crippen LogP contribution in [0.15, 0.2) is 71.1 Å². The first-order valence-electron chi connectivity index (χ1n) is 7.73. The molecule has 0 saturated carbocycles. The number of halogens is 2. The molecule has 4 nitrogen and oxygen atoms in total. The van der Waals surface area contributed by atoms with Gasteiger partial charge in [0.2, 0.25) is 5.89 Å². The Kier molecular flexibility index (Phi) is 4.37. The number of benzene rings is 3. The molecular formula is C20H11Cl2NO3. The molecule has 0 bridgehead atoms. The van der Waals surface area contributed by atoms with Crippen molar-refractivity contribution in [2.75, 3.05) is 0 Å². The minimum Gasteiger partial charge on any atom is -0.436 e. The lowest BCUT2D eigenvalue weighted by Crippen LogP contribution is -2.08. The van der Waals surface area contributed by atoms with E-state index in [9.17, 15) is 4.79 Å². The third-order valence-electron chi connectivity index (χ3n) is 3.69. The van der Waals surface area contributed by atoms with Crippen LogP contribution in [0.25, 0.3) is 22.6 Å². The van der Waals surface area contributed by atoms with E-state index in [-0.39, 0.29) is 0 Å². The van der Waals surface area contributed by atoms with Crippen molar-refractivity contribution in [3.63, 3.8) is 0 Å². The molecule has 4 aromatic rings. The Bertz CT molecular complexity index is 1090. The van der Waals surface area contributed by atoms with Gasteiger partial charge in [-0.2, -0.15) is 0 Å². The highest BCUT2D eigenvalue weighted by molar-refractivity contribution is 6.35. The van der Waals surface area contributed by atoms with E-state index >= 15 is 0 Å². The fourth-order valence-corrected chi connectivity index (χ4v) is 3.03. The lowest BCUT2D eigenvalue weighted by atomic mass is 10.2. The second-order valence-electron chi connectivity index (χ2n) is 5.56. The first-order chi connectivity index (χ1) is 12.6. The Hall–Kier alpha value is -2.82. The molecule has 0 saturated heterocycles. The molecule has 0 spiro atoms. The summed E-state index contributed by atoms with van der Waals surface area (Å²) in [5, 5.41) is 0.976. The molecule has 26 heavy (non-hydrogen) atoms. The number of hydrogen-bond donors (Lipinski definition) is 0. The van der Waals surface area contributed by atoms with Gasteiger partial charge in [0.05, 0.1) is 5.56 Å². The van der Waals surface area contributed by atoms with E-state index in [2.05, 4.69) is 4.98 Å². The van der Waals surface area contributed by atoms with Crippen LogP contribution in [0.4, 0.5) is 0 Å². The summed E-state index contributed by atoms with van der Waals surface area (Å²) in [7, 11) is 0. The number of esters is 1. The van der Waals surface area contributed by atoms with E-state index in [4.69, 9.17) is 32.4 Å². The maximum absolute atomic E-state index is 12.3. The third kappa shape index (κ3) is 3.43. The lowest BCUT2D eigenvalue weighted by molar-refractivity contribution is 0.0735. The molecule has 1 aromatic heterocycles. The summed E-state index contributed by atoms with van der Waals surface area (Å²) in [6.07, 6.45) is 0. The summed E-state index contributed by atoms with van der Waals surface area (Å²) >= 11 is 12.1. The summed E-state index contributed by atoms with van der Waals surface area (Å²) in [4.78, 5) is 16.7. The largest absolute Gasteiger partial charge is 0.436 e. The van der Waals surface area contributed by atoms with Crippen LogP contribution in [0.2, 0.25) is 10.0 Å². The molecule has 1 heterocycles. The lowest BCUT2D eigenvalue weighted by Gasteiger charge is -2.03. The van der Waals surface area contributed by atoms with E-state index in [1.54, 1.807) is 60.7 Å². The zero-order chi connectivity index (χ0) is 18.1. The van der Waals surface area contributed by atoms with Gasteiger partial charge in [-0.1, -0.05) is 41.4 Å². The van der Waals surface area contributed by atoms with Gasteiger partial charge in [-0.3, -0.25) is 0 Å². The molecule has 0 atom stereocenters. The van der Waals surface area contributed by atoms with Crippen LogP contribution < -0.4 is 4.74 Å². The molecule has 6 heteroatoms. The summed E-state index contributed by atoms with van der Waals surface area (Å²) in [5.41, 5.74) is 2.12. The maximum atomic E-state index is 12.3. The molecule has 4 rings (SSSR count). The highest BCUT2D eigenvalue weighted by Crippen LogP contribution is 2.29. The minimum atomic E-state index is -0.471. The van der Waals surface area contributed by atoms with Crippen molar-refractivity contribution < 1.29 is 13.9 Å². The Balaban J connectivity index is 1.66. The number of fused-ring (bicyclic) bond motifs is 1. The van der Waals surface area contributed by atoms with Crippen LogP contribution in [-0.4, -0.2) is 11.0 Å². The second-order valence-corrected chi connectivity index (χ2v) is 6.44. The van der Waals surface area contributed by atoms with Crippen LogP contribution in [0, 0.1) is 0 Å². The first-order valence-corrected chi connectivity index (χ1v) is 8.48. The van der Waals surface area contributed by atoms with Crippen molar-refractivity contribution >= 4 is 40.3 Å². The van der Waals surface area contributed by atoms with E-state index < -0.39 is 5.97 Å². The Morgan fingerprint density at radius 3 is 2.38 bits per heavy atom. The number of hydrogen-bond acceptors (Lipinski definition) is 4. The van der Waals surface area contributed by atoms with Crippen molar-refractivity contribution in [1.82, 2.24) is 4.98 Å². The molecule has 0 unspecified atom stereocenters. The maximum Gasteiger partial charge on any atom is 0.343 e. The van der Waals surface area contributed by atoms with Gasteiger partial charge in [-0.05, 0) is 48.5 Å². The number of para-hydroxylation sites is 1. The quantitative estimate of drug-likeness (QED) is 0.320. The van der Waals surface area contributed by atoms with Crippen molar-refractivity contribution in [3.05, 3.63) is 82.3 Å². The van der Waals surface area contributed by atoms with Crippen LogP contribution in [0.5, 0.6) is 5.75 Å². The fraction of sp³-hybridized carbons (Fsp3) is 0. The van der Waals surface area contributed by atoms with E-state index in [1.165, 1.54) is 0 Å². The van der Waals surface area contributed by atoms with E-state index in [0.717, 1.165) is 0 Å². The highest BCUT2D eigenvalue weighted by Gasteiger charge is 2.14. The van der Waals surface area contributed by atoms with Gasteiger partial charge >= 0.3 is 5.97 Å². The average molecular weight is 384 g/mol. The normalized spacial score (nSPS) is 10.8. The van der Waals surface area contributed by atoms with Gasteiger partial charge in [0.1, 0.15) is 11.3 Å². The molecule has 0 fully saturated rings. The van der Waals surface area contributed by atoms with E-state index in [1.807, 2.05) is 6.07 Å². The second kappa shape index (κ2) is 6.83. The summed E-state index contributed by atoms with van der Waals surface area (Å²) in [6, 6.07) is 18.9. The molecule has 0 aliphatic rings. The molecule has 3 aromatic carbocycles. The van der Waals surface area contributed by atoms with Gasteiger partial charge < -0.3 is 9.15 Å². The van der Waals surface area contributed by atoms with Gasteiger partial charge in [0, 0.05) is 15.6 Å². The van der Waals surface area contributed by atoms with Gasteiger partial charge in [0.15, 0.2) is 5.58 Å². The number of carbonyl (C=O) groups excluding carboxylic acids is 1. The third-order valence-corrected chi connectivity index (χ3v) is 4.12. The minimum absolute atomic E-state index is 0.369. The van der Waals surface area contributed by atoms with Crippen LogP contribution in [0.3, 0.4) is 0 Å². The number of oxazole rings is 1. The number of carbonyl (C=O) groups is 1. The summed E-state index contributed by atoms with van der Waals surface area (Å²) in [5.74, 6) is 0.379. The SMILES string of the molecule is O=C(Oc1ccccc1)c1ccc2nc(-c3cc(Cl)cc(Cl)c3)oc2c1. The molecular weight excluding hydrogens is 373 g/mol. The van der Waals surface area contributed by atoms with Crippen molar-refractivity contribution in [3.8, 4) is 17.2 Å². The Morgan fingerprint density at radius 2 is 1.65 bits per heavy atom. The summed E-state index contributed by atoms with van der Waals surface area (Å²) < 4.78 is 11.1. The number of rotatable bonds is 3. The fourth-order valence-electron chi connectivity index (χ4n) is 2.51. The zero-order valence-corrected chi connectivity index (χ0v) is 14.8. The van der Waals surface area contributed by atoms with Gasteiger partial charge in [0.25, 0.3) is 0 Å². The number of nitrogens with zero attached hydrogens (tertiary/aromatic N) is 1. The van der Waals surface area contributed by atoms with Crippen molar-refractivity contribution in [2.24, 2.45) is 0 Å². The van der Waals surface area contributed by atoms with Crippen LogP contribution >= 0.6 is 23.2 Å². The highest BCUT2D eigenvalue weighted by atomic mass is 35.5. The Morgan fingerprint density at radius 1 is 0.923 bits per heavy atom. The Labute approximate surface area is 158 Å². The topological polar surface area (TPSA) is 52.3 Å². The van der Waals surface area contributed by atoms with Gasteiger partial charge in [-0.25, -0.2) is 9.78 Å². The van der Waals surface area contributed by atoms with Crippen molar-refractivity contribution in [2.45, 2.75) is 0 Å². The first kappa shape index (κ1) is 16.6. The molecule has 128 valence electrons. The standard InChI is InChI=1S/C20H11Cl2NO3/c21-14-8-13(9-15(22)11-14)19-23-17-7-6-12(10-18(17)26-19)20(24)25-16-4-2-1-3-5-16/h1-11H. The predicted molar refractivity (Wildman–Crippen MR) is 101 cm³/mol. The van der Waals surface area contributed by atoms with Gasteiger partial charge in [-0.15, -0.1) is 0 Å². The van der Waals surface area contributed by atoms with Crippen molar-refractivity contribution in [1.29, 1.82) is 0 Å². The smallest absolute Gasteiger partial charge is 0.343 e. The predicted octanol–water partition coefficient (Wildman–Crippen LogP) is 6.02. The summed E-state index contributed by atoms with van der Waals surface area (Å²) in [6.45, 7) is 0. The molecule has 0 amide bonds. The number of aromatic nitrogens is 1.